The van der Waals surface area contributed by atoms with Crippen molar-refractivity contribution in [2.45, 2.75) is 13.3 Å². The summed E-state index contributed by atoms with van der Waals surface area (Å²) in [7, 11) is -3.06. The van der Waals surface area contributed by atoms with E-state index >= 15 is 0 Å². The molecule has 1 aromatic carbocycles. The van der Waals surface area contributed by atoms with Crippen LogP contribution in [0.4, 0.5) is 5.69 Å². The lowest BCUT2D eigenvalue weighted by molar-refractivity contribution is 0.340. The molecule has 0 saturated carbocycles. The van der Waals surface area contributed by atoms with E-state index in [9.17, 15) is 8.42 Å². The van der Waals surface area contributed by atoms with Gasteiger partial charge in [0.25, 0.3) is 0 Å². The number of hydrogen-bond donors (Lipinski definition) is 1. The second-order valence-electron chi connectivity index (χ2n) is 3.87. The maximum Gasteiger partial charge on any atom is 0.153 e. The summed E-state index contributed by atoms with van der Waals surface area (Å²) in [6.45, 7) is 1.85. The van der Waals surface area contributed by atoms with Crippen LogP contribution in [0.25, 0.3) is 0 Å². The van der Waals surface area contributed by atoms with Gasteiger partial charge in [0, 0.05) is 5.69 Å². The van der Waals surface area contributed by atoms with Gasteiger partial charge in [0.05, 0.1) is 17.1 Å². The van der Waals surface area contributed by atoms with Crippen LogP contribution >= 0.6 is 0 Å². The summed E-state index contributed by atoms with van der Waals surface area (Å²) in [5.74, 6) is 0.470. The molecular formula is C12H16N2O3S. The molecule has 0 fully saturated rings. The Morgan fingerprint density at radius 1 is 1.39 bits per heavy atom. The average molecular weight is 268 g/mol. The fraction of sp³-hybridized carbons (Fsp3) is 0.417. The predicted octanol–water partition coefficient (Wildman–Crippen LogP) is 1.34. The van der Waals surface area contributed by atoms with Crippen molar-refractivity contribution in [3.63, 3.8) is 0 Å². The molecule has 0 spiro atoms. The van der Waals surface area contributed by atoms with E-state index in [-0.39, 0.29) is 18.1 Å². The zero-order chi connectivity index (χ0) is 13.6. The van der Waals surface area contributed by atoms with E-state index in [1.807, 2.05) is 13.0 Å². The Hall–Kier alpha value is -1.74. The largest absolute Gasteiger partial charge is 0.491 e. The molecule has 1 rings (SSSR count). The number of nitrogens with zero attached hydrogens (tertiary/aromatic N) is 1. The van der Waals surface area contributed by atoms with Gasteiger partial charge in [-0.25, -0.2) is 8.42 Å². The average Bonchev–Trinajstić information content (AvgIpc) is 2.30. The van der Waals surface area contributed by atoms with Crippen LogP contribution in [0.15, 0.2) is 18.2 Å². The fourth-order valence-corrected chi connectivity index (χ4v) is 2.62. The Bertz CT molecular complexity index is 547. The summed E-state index contributed by atoms with van der Waals surface area (Å²) >= 11 is 0. The molecule has 0 bridgehead atoms. The van der Waals surface area contributed by atoms with Crippen LogP contribution in [-0.2, 0) is 9.84 Å². The van der Waals surface area contributed by atoms with Gasteiger partial charge in [-0.2, -0.15) is 5.26 Å². The summed E-state index contributed by atoms with van der Waals surface area (Å²) in [6, 6.07) is 6.63. The zero-order valence-corrected chi connectivity index (χ0v) is 11.0. The van der Waals surface area contributed by atoms with Crippen LogP contribution in [0.3, 0.4) is 0 Å². The maximum atomic E-state index is 11.5. The van der Waals surface area contributed by atoms with E-state index in [1.54, 1.807) is 12.1 Å². The number of nitrogens with two attached hydrogens (primary N) is 1. The van der Waals surface area contributed by atoms with Crippen molar-refractivity contribution in [1.29, 1.82) is 5.26 Å². The lowest BCUT2D eigenvalue weighted by Gasteiger charge is -2.08. The first-order valence-electron chi connectivity index (χ1n) is 5.61. The van der Waals surface area contributed by atoms with E-state index < -0.39 is 9.84 Å². The third-order valence-corrected chi connectivity index (χ3v) is 4.11. The van der Waals surface area contributed by atoms with Crippen molar-refractivity contribution in [1.82, 2.24) is 0 Å². The molecule has 0 aliphatic carbocycles. The molecule has 0 atom stereocenters. The minimum Gasteiger partial charge on any atom is -0.491 e. The third-order valence-electron chi connectivity index (χ3n) is 2.29. The van der Waals surface area contributed by atoms with Gasteiger partial charge in [0.2, 0.25) is 0 Å². The Labute approximate surface area is 107 Å². The number of ether oxygens (including phenoxy) is 1. The standard InChI is InChI=1S/C12H16N2O3S/c1-2-6-18(15,16)7-5-17-12-4-3-11(14)8-10(12)9-13/h3-4,8H,2,5-7,14H2,1H3. The second-order valence-corrected chi connectivity index (χ2v) is 6.17. The molecule has 98 valence electrons. The topological polar surface area (TPSA) is 93.2 Å². The summed E-state index contributed by atoms with van der Waals surface area (Å²) in [5, 5.41) is 8.88. The molecule has 1 aromatic rings. The molecule has 18 heavy (non-hydrogen) atoms. The van der Waals surface area contributed by atoms with Crippen molar-refractivity contribution >= 4 is 15.5 Å². The van der Waals surface area contributed by atoms with Crippen LogP contribution in [0.2, 0.25) is 0 Å². The summed E-state index contributed by atoms with van der Waals surface area (Å²) in [6.07, 6.45) is 0.591. The van der Waals surface area contributed by atoms with Crippen LogP contribution in [0, 0.1) is 11.3 Å². The van der Waals surface area contributed by atoms with Gasteiger partial charge in [-0.3, -0.25) is 0 Å². The van der Waals surface area contributed by atoms with E-state index in [0.29, 0.717) is 23.4 Å². The number of benzene rings is 1. The van der Waals surface area contributed by atoms with E-state index in [1.165, 1.54) is 6.07 Å². The number of hydrogen-bond acceptors (Lipinski definition) is 5. The number of nitrogen functional groups attached to an aromatic ring is 1. The highest BCUT2D eigenvalue weighted by molar-refractivity contribution is 7.91. The molecular weight excluding hydrogens is 252 g/mol. The fourth-order valence-electron chi connectivity index (χ4n) is 1.45. The van der Waals surface area contributed by atoms with Gasteiger partial charge >= 0.3 is 0 Å². The molecule has 0 aromatic heterocycles. The molecule has 0 saturated heterocycles. The molecule has 0 radical (unpaired) electrons. The highest BCUT2D eigenvalue weighted by atomic mass is 32.2. The Balaban J connectivity index is 2.63. The van der Waals surface area contributed by atoms with Gasteiger partial charge in [-0.15, -0.1) is 0 Å². The van der Waals surface area contributed by atoms with Crippen LogP contribution in [0.1, 0.15) is 18.9 Å². The minimum absolute atomic E-state index is 0.0426. The molecule has 0 heterocycles. The molecule has 0 amide bonds. The molecule has 6 heteroatoms. The van der Waals surface area contributed by atoms with E-state index in [2.05, 4.69) is 0 Å². The van der Waals surface area contributed by atoms with E-state index in [4.69, 9.17) is 15.7 Å². The van der Waals surface area contributed by atoms with E-state index in [0.717, 1.165) is 0 Å². The smallest absolute Gasteiger partial charge is 0.153 e. The monoisotopic (exact) mass is 268 g/mol. The lowest BCUT2D eigenvalue weighted by atomic mass is 10.2. The van der Waals surface area contributed by atoms with Crippen molar-refractivity contribution in [3.05, 3.63) is 23.8 Å². The molecule has 2 N–H and O–H groups in total. The maximum absolute atomic E-state index is 11.5. The molecule has 0 aliphatic heterocycles. The summed E-state index contributed by atoms with van der Waals surface area (Å²) in [4.78, 5) is 0. The van der Waals surface area contributed by atoms with Crippen molar-refractivity contribution in [2.24, 2.45) is 0 Å². The van der Waals surface area contributed by atoms with Gasteiger partial charge in [-0.05, 0) is 24.6 Å². The molecule has 0 aliphatic rings. The first kappa shape index (κ1) is 14.3. The van der Waals surface area contributed by atoms with Crippen LogP contribution in [0.5, 0.6) is 5.75 Å². The lowest BCUT2D eigenvalue weighted by Crippen LogP contribution is -2.17. The Kier molecular flexibility index (Phi) is 4.98. The van der Waals surface area contributed by atoms with Gasteiger partial charge in [-0.1, -0.05) is 6.92 Å². The third kappa shape index (κ3) is 4.26. The predicted molar refractivity (Wildman–Crippen MR) is 70.0 cm³/mol. The number of rotatable bonds is 6. The number of anilines is 1. The quantitative estimate of drug-likeness (QED) is 0.786. The normalized spacial score (nSPS) is 10.9. The SMILES string of the molecule is CCCS(=O)(=O)CCOc1ccc(N)cc1C#N. The van der Waals surface area contributed by atoms with Crippen LogP contribution in [-0.4, -0.2) is 26.5 Å². The van der Waals surface area contributed by atoms with Crippen molar-refractivity contribution < 1.29 is 13.2 Å². The van der Waals surface area contributed by atoms with Crippen molar-refractivity contribution in [3.8, 4) is 11.8 Å². The van der Waals surface area contributed by atoms with Gasteiger partial charge < -0.3 is 10.5 Å². The Morgan fingerprint density at radius 3 is 2.72 bits per heavy atom. The highest BCUT2D eigenvalue weighted by Gasteiger charge is 2.10. The zero-order valence-electron chi connectivity index (χ0n) is 10.2. The first-order chi connectivity index (χ1) is 8.48. The first-order valence-corrected chi connectivity index (χ1v) is 7.43. The Morgan fingerprint density at radius 2 is 2.11 bits per heavy atom. The summed E-state index contributed by atoms with van der Waals surface area (Å²) < 4.78 is 28.2. The molecule has 0 unspecified atom stereocenters. The second kappa shape index (κ2) is 6.26. The van der Waals surface area contributed by atoms with Crippen LogP contribution < -0.4 is 10.5 Å². The summed E-state index contributed by atoms with van der Waals surface area (Å²) in [5.41, 5.74) is 6.32. The van der Waals surface area contributed by atoms with Gasteiger partial charge in [0.1, 0.15) is 18.4 Å². The number of nitriles is 1. The number of sulfone groups is 1. The van der Waals surface area contributed by atoms with Gasteiger partial charge in [0.15, 0.2) is 9.84 Å². The molecule has 5 nitrogen and oxygen atoms in total. The van der Waals surface area contributed by atoms with Crippen molar-refractivity contribution in [2.75, 3.05) is 23.8 Å². The highest BCUT2D eigenvalue weighted by Crippen LogP contribution is 2.20. The minimum atomic E-state index is -3.06.